The molecular weight excluding hydrogens is 391 g/mol. The van der Waals surface area contributed by atoms with Gasteiger partial charge in [0.1, 0.15) is 5.82 Å². The molecule has 2 rings (SSSR count). The largest absolute Gasteiger partial charge is 0.339 e. The lowest BCUT2D eigenvalue weighted by atomic mass is 10.3. The van der Waals surface area contributed by atoms with Crippen molar-refractivity contribution in [3.05, 3.63) is 49.5 Å². The van der Waals surface area contributed by atoms with Gasteiger partial charge in [-0.05, 0) is 56.1 Å². The molecule has 1 aromatic heterocycles. The smallest absolute Gasteiger partial charge is 0.144 e. The zero-order valence-electron chi connectivity index (χ0n) is 8.35. The minimum atomic E-state index is 0.577. The van der Waals surface area contributed by atoms with Crippen molar-refractivity contribution in [3.63, 3.8) is 0 Å². The first-order valence-electron chi connectivity index (χ1n) is 4.59. The average molecular weight is 397 g/mol. The third kappa shape index (κ3) is 3.58. The Hall–Kier alpha value is -0.290. The van der Waals surface area contributed by atoms with Crippen LogP contribution in [0.15, 0.2) is 39.4 Å². The summed E-state index contributed by atoms with van der Waals surface area (Å²) in [7, 11) is 0. The topological polar surface area (TPSA) is 24.9 Å². The summed E-state index contributed by atoms with van der Waals surface area (Å²) >= 11 is 18.6. The number of nitrogens with one attached hydrogen (secondary N) is 1. The summed E-state index contributed by atoms with van der Waals surface area (Å²) in [6.45, 7) is 0. The molecule has 0 saturated carbocycles. The highest BCUT2D eigenvalue weighted by Crippen LogP contribution is 2.29. The molecule has 1 aromatic carbocycles. The fraction of sp³-hybridized carbons (Fsp3) is 0. The van der Waals surface area contributed by atoms with Gasteiger partial charge >= 0.3 is 0 Å². The van der Waals surface area contributed by atoms with Crippen molar-refractivity contribution in [3.8, 4) is 0 Å². The molecule has 0 atom stereocenters. The molecule has 1 N–H and O–H groups in total. The van der Waals surface area contributed by atoms with E-state index in [1.165, 1.54) is 0 Å². The Morgan fingerprint density at radius 2 is 1.65 bits per heavy atom. The molecule has 0 aliphatic heterocycles. The third-order valence-electron chi connectivity index (χ3n) is 1.93. The molecule has 0 spiro atoms. The number of nitrogens with zero attached hydrogens (tertiary/aromatic N) is 1. The lowest BCUT2D eigenvalue weighted by Crippen LogP contribution is -1.94. The molecular formula is C11H6Br2Cl2N2. The predicted octanol–water partition coefficient (Wildman–Crippen LogP) is 5.66. The van der Waals surface area contributed by atoms with Crippen LogP contribution in [0.5, 0.6) is 0 Å². The van der Waals surface area contributed by atoms with E-state index in [0.29, 0.717) is 15.9 Å². The fourth-order valence-corrected chi connectivity index (χ4v) is 2.88. The molecule has 88 valence electrons. The van der Waals surface area contributed by atoms with Crippen LogP contribution in [0, 0.1) is 0 Å². The summed E-state index contributed by atoms with van der Waals surface area (Å²) in [6.07, 6.45) is 1.71. The van der Waals surface area contributed by atoms with E-state index in [4.69, 9.17) is 23.2 Å². The number of hydrogen-bond donors (Lipinski definition) is 1. The highest BCUT2D eigenvalue weighted by Gasteiger charge is 2.04. The lowest BCUT2D eigenvalue weighted by molar-refractivity contribution is 1.27. The Morgan fingerprint density at radius 1 is 1.00 bits per heavy atom. The first kappa shape index (κ1) is 13.1. The molecule has 0 saturated heterocycles. The lowest BCUT2D eigenvalue weighted by Gasteiger charge is -2.08. The maximum atomic E-state index is 5.92. The highest BCUT2D eigenvalue weighted by atomic mass is 79.9. The molecule has 0 bridgehead atoms. The van der Waals surface area contributed by atoms with Crippen molar-refractivity contribution >= 4 is 66.6 Å². The molecule has 2 nitrogen and oxygen atoms in total. The SMILES string of the molecule is Clc1cc(Cl)cc(Nc2ncc(Br)cc2Br)c1. The van der Waals surface area contributed by atoms with E-state index in [9.17, 15) is 0 Å². The van der Waals surface area contributed by atoms with Crippen molar-refractivity contribution in [1.82, 2.24) is 4.98 Å². The second kappa shape index (κ2) is 5.57. The van der Waals surface area contributed by atoms with Crippen molar-refractivity contribution in [1.29, 1.82) is 0 Å². The second-order valence-electron chi connectivity index (χ2n) is 3.27. The molecule has 2 aromatic rings. The standard InChI is InChI=1S/C11H6Br2Cl2N2/c12-6-1-10(13)11(16-5-6)17-9-3-7(14)2-8(15)4-9/h1-5H,(H,16,17). The Balaban J connectivity index is 2.31. The average Bonchev–Trinajstić information content (AvgIpc) is 2.21. The maximum absolute atomic E-state index is 5.92. The van der Waals surface area contributed by atoms with Crippen LogP contribution in [0.3, 0.4) is 0 Å². The van der Waals surface area contributed by atoms with Crippen molar-refractivity contribution in [2.24, 2.45) is 0 Å². The molecule has 0 radical (unpaired) electrons. The number of halogens is 4. The number of pyridine rings is 1. The summed E-state index contributed by atoms with van der Waals surface area (Å²) < 4.78 is 1.75. The van der Waals surface area contributed by atoms with Crippen LogP contribution in [0.25, 0.3) is 0 Å². The van der Waals surface area contributed by atoms with E-state index >= 15 is 0 Å². The van der Waals surface area contributed by atoms with Gasteiger partial charge in [-0.25, -0.2) is 4.98 Å². The summed E-state index contributed by atoms with van der Waals surface area (Å²) in [5.41, 5.74) is 0.790. The first-order chi connectivity index (χ1) is 8.04. The zero-order chi connectivity index (χ0) is 12.4. The van der Waals surface area contributed by atoms with E-state index in [1.807, 2.05) is 6.07 Å². The zero-order valence-corrected chi connectivity index (χ0v) is 13.0. The van der Waals surface area contributed by atoms with Crippen LogP contribution >= 0.6 is 55.1 Å². The monoisotopic (exact) mass is 394 g/mol. The molecule has 6 heteroatoms. The third-order valence-corrected chi connectivity index (χ3v) is 3.41. The molecule has 17 heavy (non-hydrogen) atoms. The fourth-order valence-electron chi connectivity index (χ4n) is 1.27. The van der Waals surface area contributed by atoms with Crippen molar-refractivity contribution in [2.75, 3.05) is 5.32 Å². The number of aromatic nitrogens is 1. The Kier molecular flexibility index (Phi) is 4.31. The van der Waals surface area contributed by atoms with Crippen LogP contribution in [-0.2, 0) is 0 Å². The highest BCUT2D eigenvalue weighted by molar-refractivity contribution is 9.11. The van der Waals surface area contributed by atoms with Crippen molar-refractivity contribution < 1.29 is 0 Å². The number of benzene rings is 1. The van der Waals surface area contributed by atoms with Gasteiger partial charge in [0.05, 0.1) is 4.47 Å². The Morgan fingerprint density at radius 3 is 2.24 bits per heavy atom. The van der Waals surface area contributed by atoms with Crippen LogP contribution in [0.4, 0.5) is 11.5 Å². The molecule has 0 fully saturated rings. The van der Waals surface area contributed by atoms with E-state index < -0.39 is 0 Å². The molecule has 0 unspecified atom stereocenters. The van der Waals surface area contributed by atoms with Gasteiger partial charge in [-0.2, -0.15) is 0 Å². The first-order valence-corrected chi connectivity index (χ1v) is 6.93. The van der Waals surface area contributed by atoms with E-state index in [2.05, 4.69) is 42.2 Å². The van der Waals surface area contributed by atoms with Gasteiger partial charge < -0.3 is 5.32 Å². The maximum Gasteiger partial charge on any atom is 0.144 e. The number of hydrogen-bond acceptors (Lipinski definition) is 2. The van der Waals surface area contributed by atoms with Gasteiger partial charge in [-0.15, -0.1) is 0 Å². The van der Waals surface area contributed by atoms with Crippen LogP contribution < -0.4 is 5.32 Å². The van der Waals surface area contributed by atoms with Crippen molar-refractivity contribution in [2.45, 2.75) is 0 Å². The Bertz CT molecular complexity index is 541. The second-order valence-corrected chi connectivity index (χ2v) is 5.91. The summed E-state index contributed by atoms with van der Waals surface area (Å²) in [6, 6.07) is 7.15. The summed E-state index contributed by atoms with van der Waals surface area (Å²) in [4.78, 5) is 4.24. The van der Waals surface area contributed by atoms with Crippen LogP contribution in [0.1, 0.15) is 0 Å². The predicted molar refractivity (Wildman–Crippen MR) is 79.4 cm³/mol. The van der Waals surface area contributed by atoms with Gasteiger partial charge in [0.2, 0.25) is 0 Å². The minimum Gasteiger partial charge on any atom is -0.339 e. The normalized spacial score (nSPS) is 10.4. The molecule has 0 aliphatic carbocycles. The van der Waals surface area contributed by atoms with Gasteiger partial charge in [-0.1, -0.05) is 23.2 Å². The van der Waals surface area contributed by atoms with Gasteiger partial charge in [-0.3, -0.25) is 0 Å². The van der Waals surface area contributed by atoms with Gasteiger partial charge in [0.15, 0.2) is 0 Å². The van der Waals surface area contributed by atoms with E-state index in [-0.39, 0.29) is 0 Å². The van der Waals surface area contributed by atoms with Gasteiger partial charge in [0, 0.05) is 26.4 Å². The summed E-state index contributed by atoms with van der Waals surface area (Å²) in [5.74, 6) is 0.700. The number of anilines is 2. The number of rotatable bonds is 2. The minimum absolute atomic E-state index is 0.577. The summed E-state index contributed by atoms with van der Waals surface area (Å²) in [5, 5.41) is 4.29. The molecule has 0 aliphatic rings. The Labute approximate surface area is 126 Å². The quantitative estimate of drug-likeness (QED) is 0.708. The molecule has 0 amide bonds. The molecule has 1 heterocycles. The van der Waals surface area contributed by atoms with Crippen LogP contribution in [0.2, 0.25) is 10.0 Å². The van der Waals surface area contributed by atoms with Crippen LogP contribution in [-0.4, -0.2) is 4.98 Å². The van der Waals surface area contributed by atoms with E-state index in [1.54, 1.807) is 24.4 Å². The van der Waals surface area contributed by atoms with E-state index in [0.717, 1.165) is 14.6 Å². The van der Waals surface area contributed by atoms with Gasteiger partial charge in [0.25, 0.3) is 0 Å².